The Hall–Kier alpha value is -1.88. The molecule has 13 heteroatoms. The Kier molecular flexibility index (Phi) is 10.8. The van der Waals surface area contributed by atoms with Gasteiger partial charge < -0.3 is 29.3 Å². The molecule has 2 rings (SSSR count). The zero-order valence-corrected chi connectivity index (χ0v) is 28.0. The summed E-state index contributed by atoms with van der Waals surface area (Å²) in [6, 6.07) is 0.191. The third kappa shape index (κ3) is 7.49. The van der Waals surface area contributed by atoms with Gasteiger partial charge in [-0.25, -0.2) is 4.79 Å². The third-order valence-electron chi connectivity index (χ3n) is 8.52. The molecule has 1 aromatic heterocycles. The number of aliphatic hydroxyl groups excluding tert-OH is 1. The minimum Gasteiger partial charge on any atom is -0.408 e. The molecule has 0 radical (unpaired) electrons. The van der Waals surface area contributed by atoms with Crippen molar-refractivity contribution in [2.24, 2.45) is 0 Å². The molecule has 0 unspecified atom stereocenters. The number of hydrogen-bond acceptors (Lipinski definition) is 8. The minimum absolute atomic E-state index is 0.191. The summed E-state index contributed by atoms with van der Waals surface area (Å²) in [7, 11) is -3.42. The molecule has 40 heavy (non-hydrogen) atoms. The number of aromatic nitrogens is 2. The van der Waals surface area contributed by atoms with Crippen LogP contribution >= 0.6 is 0 Å². The fourth-order valence-electron chi connectivity index (χ4n) is 4.01. The normalized spacial score (nSPS) is 24.0. The lowest BCUT2D eigenvalue weighted by Crippen LogP contribution is -2.59. The maximum atomic E-state index is 13.0. The van der Waals surface area contributed by atoms with E-state index in [2.05, 4.69) is 89.9 Å². The smallest absolute Gasteiger partial charge is 0.330 e. The van der Waals surface area contributed by atoms with Gasteiger partial charge in [0.25, 0.3) is 5.56 Å². The van der Waals surface area contributed by atoms with E-state index in [1.807, 2.05) is 0 Å². The fourth-order valence-corrected chi connectivity index (χ4v) is 6.60. The van der Waals surface area contributed by atoms with Gasteiger partial charge in [0.1, 0.15) is 30.5 Å². The standard InChI is InChI=1S/C27H50N4O7Si2/c1-13-15-29-23(34)18(28-8)19(33)20-21(37-39(9,10)26(2,3)4)22(38-40(11,12)27(5,6)7)24(36-20)31-16-14-17(32)30-25(31)35/h13-14,16,18-22,24,28,33H,1,15H2,2-12H3,(H,29,34)(H,30,32,35)/t18-,19+,20-,21-,22-,24-/m1/s1. The van der Waals surface area contributed by atoms with E-state index >= 15 is 0 Å². The second-order valence-electron chi connectivity index (χ2n) is 13.5. The molecule has 0 bridgehead atoms. The van der Waals surface area contributed by atoms with Crippen LogP contribution in [0.25, 0.3) is 0 Å². The number of nitrogens with one attached hydrogen (secondary N) is 3. The summed E-state index contributed by atoms with van der Waals surface area (Å²) in [5, 5.41) is 16.9. The highest BCUT2D eigenvalue weighted by Crippen LogP contribution is 2.46. The number of hydrogen-bond donors (Lipinski definition) is 4. The predicted octanol–water partition coefficient (Wildman–Crippen LogP) is 2.47. The minimum atomic E-state index is -2.50. The van der Waals surface area contributed by atoms with Crippen LogP contribution in [-0.4, -0.2) is 81.2 Å². The number of nitrogens with zero attached hydrogens (tertiary/aromatic N) is 1. The molecule has 2 heterocycles. The number of carbonyl (C=O) groups is 1. The average Bonchev–Trinajstić information content (AvgIpc) is 3.13. The molecule has 0 spiro atoms. The summed E-state index contributed by atoms with van der Waals surface area (Å²) in [6.45, 7) is 24.8. The molecule has 0 aliphatic carbocycles. The molecular formula is C27H50N4O7Si2. The van der Waals surface area contributed by atoms with E-state index in [0.29, 0.717) is 0 Å². The lowest BCUT2D eigenvalue weighted by molar-refractivity contribution is -0.133. The first-order valence-corrected chi connectivity index (χ1v) is 19.6. The van der Waals surface area contributed by atoms with Crippen LogP contribution in [0.5, 0.6) is 0 Å². The molecule has 4 N–H and O–H groups in total. The van der Waals surface area contributed by atoms with Crippen molar-refractivity contribution in [2.75, 3.05) is 13.6 Å². The van der Waals surface area contributed by atoms with Crippen molar-refractivity contribution < 1.29 is 23.5 Å². The van der Waals surface area contributed by atoms with E-state index in [9.17, 15) is 19.5 Å². The van der Waals surface area contributed by atoms with Gasteiger partial charge in [-0.2, -0.15) is 0 Å². The van der Waals surface area contributed by atoms with E-state index < -0.39 is 70.5 Å². The van der Waals surface area contributed by atoms with Gasteiger partial charge >= 0.3 is 5.69 Å². The zero-order chi connectivity index (χ0) is 30.8. The molecule has 1 amide bonds. The predicted molar refractivity (Wildman–Crippen MR) is 161 cm³/mol. The van der Waals surface area contributed by atoms with Gasteiger partial charge in [-0.05, 0) is 43.3 Å². The largest absolute Gasteiger partial charge is 0.408 e. The highest BCUT2D eigenvalue weighted by atomic mass is 28.4. The topological polar surface area (TPSA) is 144 Å². The number of likely N-dealkylation sites (N-methyl/N-ethyl adjacent to an activating group) is 1. The first kappa shape index (κ1) is 34.3. The zero-order valence-electron chi connectivity index (χ0n) is 26.0. The van der Waals surface area contributed by atoms with E-state index in [1.165, 1.54) is 16.8 Å². The van der Waals surface area contributed by atoms with E-state index in [1.54, 1.807) is 13.1 Å². The number of ether oxygens (including phenoxy) is 1. The van der Waals surface area contributed by atoms with Crippen molar-refractivity contribution in [2.45, 2.75) is 114 Å². The van der Waals surface area contributed by atoms with Crippen molar-refractivity contribution in [3.8, 4) is 0 Å². The summed E-state index contributed by atoms with van der Waals surface area (Å²) < 4.78 is 21.6. The van der Waals surface area contributed by atoms with E-state index in [-0.39, 0.29) is 16.6 Å². The van der Waals surface area contributed by atoms with Gasteiger partial charge in [0.15, 0.2) is 22.9 Å². The van der Waals surface area contributed by atoms with Crippen LogP contribution in [0.4, 0.5) is 0 Å². The lowest BCUT2D eigenvalue weighted by Gasteiger charge is -2.44. The van der Waals surface area contributed by atoms with E-state index in [0.717, 1.165) is 0 Å². The molecule has 6 atom stereocenters. The maximum Gasteiger partial charge on any atom is 0.330 e. The summed E-state index contributed by atoms with van der Waals surface area (Å²) in [5.41, 5.74) is -1.21. The molecule has 0 aromatic carbocycles. The Morgan fingerprint density at radius 1 is 1.12 bits per heavy atom. The van der Waals surface area contributed by atoms with Gasteiger partial charge in [0.05, 0.1) is 0 Å². The summed E-state index contributed by atoms with van der Waals surface area (Å²) in [4.78, 5) is 40.1. The van der Waals surface area contributed by atoms with Crippen molar-refractivity contribution in [3.05, 3.63) is 45.8 Å². The van der Waals surface area contributed by atoms with Gasteiger partial charge in [-0.3, -0.25) is 19.1 Å². The van der Waals surface area contributed by atoms with Gasteiger partial charge in [-0.15, -0.1) is 6.58 Å². The van der Waals surface area contributed by atoms with Crippen LogP contribution in [0.1, 0.15) is 47.8 Å². The molecule has 1 saturated heterocycles. The SMILES string of the molecule is C=CCNC(=O)[C@H](NC)[C@H](O)[C@H]1O[C@@H](n2ccc(=O)[nH]c2=O)[C@H](O[Si](C)(C)C(C)(C)C)[C@@H]1O[Si](C)(C)C(C)(C)C. The molecule has 228 valence electrons. The van der Waals surface area contributed by atoms with Crippen LogP contribution in [-0.2, 0) is 18.4 Å². The number of aliphatic hydroxyl groups is 1. The van der Waals surface area contributed by atoms with Crippen LogP contribution in [0.2, 0.25) is 36.3 Å². The highest BCUT2D eigenvalue weighted by molar-refractivity contribution is 6.74. The first-order chi connectivity index (χ1) is 18.2. The Morgan fingerprint density at radius 2 is 1.65 bits per heavy atom. The molecule has 11 nitrogen and oxygen atoms in total. The lowest BCUT2D eigenvalue weighted by atomic mass is 9.99. The quantitative estimate of drug-likeness (QED) is 0.225. The van der Waals surface area contributed by atoms with E-state index in [4.69, 9.17) is 13.6 Å². The Morgan fingerprint density at radius 3 is 2.10 bits per heavy atom. The van der Waals surface area contributed by atoms with Crippen molar-refractivity contribution in [3.63, 3.8) is 0 Å². The van der Waals surface area contributed by atoms with Crippen LogP contribution in [0, 0.1) is 0 Å². The molecule has 1 fully saturated rings. The monoisotopic (exact) mass is 598 g/mol. The number of aromatic amines is 1. The number of H-pyrrole nitrogens is 1. The maximum absolute atomic E-state index is 13.0. The van der Waals surface area contributed by atoms with Crippen LogP contribution in [0.3, 0.4) is 0 Å². The Bertz CT molecular complexity index is 1150. The van der Waals surface area contributed by atoms with Crippen LogP contribution < -0.4 is 21.9 Å². The van der Waals surface area contributed by atoms with Gasteiger partial charge in [-0.1, -0.05) is 47.6 Å². The number of amides is 1. The molecule has 1 aliphatic rings. The highest BCUT2D eigenvalue weighted by Gasteiger charge is 2.57. The number of rotatable bonds is 11. The second-order valence-corrected chi connectivity index (χ2v) is 23.0. The van der Waals surface area contributed by atoms with Crippen molar-refractivity contribution in [1.29, 1.82) is 0 Å². The first-order valence-electron chi connectivity index (χ1n) is 13.7. The van der Waals surface area contributed by atoms with Crippen molar-refractivity contribution >= 4 is 22.5 Å². The van der Waals surface area contributed by atoms with Gasteiger partial charge in [0, 0.05) is 18.8 Å². The summed E-state index contributed by atoms with van der Waals surface area (Å²) >= 11 is 0. The molecular weight excluding hydrogens is 548 g/mol. The number of carbonyl (C=O) groups excluding carboxylic acids is 1. The van der Waals surface area contributed by atoms with Crippen molar-refractivity contribution in [1.82, 2.24) is 20.2 Å². The summed E-state index contributed by atoms with van der Waals surface area (Å²) in [5.74, 6) is -0.434. The molecule has 1 aliphatic heterocycles. The Labute approximate surface area is 240 Å². The summed E-state index contributed by atoms with van der Waals surface area (Å²) in [6.07, 6.45) is -2.16. The molecule has 0 saturated carbocycles. The van der Waals surface area contributed by atoms with Crippen LogP contribution in [0.15, 0.2) is 34.5 Å². The van der Waals surface area contributed by atoms with Gasteiger partial charge in [0.2, 0.25) is 5.91 Å². The fraction of sp³-hybridized carbons (Fsp3) is 0.741. The third-order valence-corrected chi connectivity index (χ3v) is 17.5. The average molecular weight is 599 g/mol. The Balaban J connectivity index is 2.74. The molecule has 1 aromatic rings. The second kappa shape index (κ2) is 12.6.